The van der Waals surface area contributed by atoms with Crippen molar-refractivity contribution >= 4 is 17.7 Å². The molecule has 0 fully saturated rings. The van der Waals surface area contributed by atoms with E-state index in [1.807, 2.05) is 0 Å². The zero-order valence-electron chi connectivity index (χ0n) is 7.51. The number of nitrogens with one attached hydrogen (secondary N) is 1. The van der Waals surface area contributed by atoms with Crippen LogP contribution in [0.2, 0.25) is 0 Å². The molecule has 0 saturated heterocycles. The summed E-state index contributed by atoms with van der Waals surface area (Å²) in [4.78, 5) is 7.14. The van der Waals surface area contributed by atoms with Crippen LogP contribution in [0.5, 0.6) is 0 Å². The molecule has 0 aliphatic carbocycles. The molecule has 1 rings (SSSR count). The third kappa shape index (κ3) is 2.50. The van der Waals surface area contributed by atoms with Crippen molar-refractivity contribution in [3.8, 4) is 0 Å². The summed E-state index contributed by atoms with van der Waals surface area (Å²) in [6, 6.07) is 0.922. The van der Waals surface area contributed by atoms with Crippen LogP contribution in [0.3, 0.4) is 0 Å². The SMILES string of the molecule is CNc1nc(SC)cc(C(F)(F)F)n1. The highest BCUT2D eigenvalue weighted by atomic mass is 32.2. The Morgan fingerprint density at radius 3 is 2.43 bits per heavy atom. The van der Waals surface area contributed by atoms with Crippen molar-refractivity contribution in [1.29, 1.82) is 0 Å². The summed E-state index contributed by atoms with van der Waals surface area (Å²) in [6.07, 6.45) is -2.78. The van der Waals surface area contributed by atoms with Crippen molar-refractivity contribution < 1.29 is 13.2 Å². The summed E-state index contributed by atoms with van der Waals surface area (Å²) in [7, 11) is 1.47. The first kappa shape index (κ1) is 11.1. The van der Waals surface area contributed by atoms with Crippen LogP contribution in [-0.2, 0) is 6.18 Å². The van der Waals surface area contributed by atoms with Gasteiger partial charge in [-0.3, -0.25) is 0 Å². The van der Waals surface area contributed by atoms with Crippen molar-refractivity contribution in [1.82, 2.24) is 9.97 Å². The number of thioether (sulfide) groups is 1. The molecule has 0 spiro atoms. The van der Waals surface area contributed by atoms with E-state index in [0.29, 0.717) is 0 Å². The van der Waals surface area contributed by atoms with Gasteiger partial charge in [-0.1, -0.05) is 0 Å². The summed E-state index contributed by atoms with van der Waals surface area (Å²) < 4.78 is 36.9. The van der Waals surface area contributed by atoms with Crippen LogP contribution in [0.15, 0.2) is 11.1 Å². The molecule has 1 heterocycles. The van der Waals surface area contributed by atoms with Crippen LogP contribution in [0.25, 0.3) is 0 Å². The summed E-state index contributed by atoms with van der Waals surface area (Å²) in [5.74, 6) is -0.0239. The predicted octanol–water partition coefficient (Wildman–Crippen LogP) is 2.26. The first-order valence-corrected chi connectivity index (χ1v) is 4.88. The Morgan fingerprint density at radius 2 is 2.00 bits per heavy atom. The van der Waals surface area contributed by atoms with Gasteiger partial charge in [-0.25, -0.2) is 9.97 Å². The molecule has 7 heteroatoms. The Labute approximate surface area is 83.1 Å². The summed E-state index contributed by atoms with van der Waals surface area (Å²) >= 11 is 1.14. The first-order valence-electron chi connectivity index (χ1n) is 3.65. The lowest BCUT2D eigenvalue weighted by atomic mass is 10.4. The van der Waals surface area contributed by atoms with E-state index in [9.17, 15) is 13.2 Å². The van der Waals surface area contributed by atoms with Gasteiger partial charge >= 0.3 is 6.18 Å². The lowest BCUT2D eigenvalue weighted by molar-refractivity contribution is -0.141. The molecule has 0 aliphatic rings. The third-order valence-electron chi connectivity index (χ3n) is 1.43. The Hall–Kier alpha value is -0.980. The number of hydrogen-bond acceptors (Lipinski definition) is 4. The topological polar surface area (TPSA) is 37.8 Å². The van der Waals surface area contributed by atoms with Gasteiger partial charge in [0.1, 0.15) is 5.03 Å². The van der Waals surface area contributed by atoms with Crippen LogP contribution in [0.1, 0.15) is 5.69 Å². The van der Waals surface area contributed by atoms with E-state index < -0.39 is 11.9 Å². The highest BCUT2D eigenvalue weighted by Crippen LogP contribution is 2.30. The van der Waals surface area contributed by atoms with E-state index in [1.165, 1.54) is 7.05 Å². The zero-order valence-corrected chi connectivity index (χ0v) is 8.33. The van der Waals surface area contributed by atoms with Gasteiger partial charge in [0.25, 0.3) is 0 Å². The molecule has 0 saturated carbocycles. The molecule has 0 atom stereocenters. The molecule has 0 aromatic carbocycles. The minimum atomic E-state index is -4.43. The minimum Gasteiger partial charge on any atom is -0.357 e. The van der Waals surface area contributed by atoms with Crippen LogP contribution in [0.4, 0.5) is 19.1 Å². The maximum atomic E-state index is 12.3. The van der Waals surface area contributed by atoms with Gasteiger partial charge < -0.3 is 5.32 Å². The molecule has 0 aliphatic heterocycles. The Bertz CT molecular complexity index is 304. The average Bonchev–Trinajstić information content (AvgIpc) is 2.15. The van der Waals surface area contributed by atoms with Crippen molar-refractivity contribution in [2.45, 2.75) is 11.2 Å². The predicted molar refractivity (Wildman–Crippen MR) is 48.4 cm³/mol. The van der Waals surface area contributed by atoms with E-state index in [1.54, 1.807) is 6.26 Å². The monoisotopic (exact) mass is 223 g/mol. The van der Waals surface area contributed by atoms with E-state index in [2.05, 4.69) is 15.3 Å². The standard InChI is InChI=1S/C7H8F3N3S/c1-11-6-12-4(7(8,9)10)3-5(13-6)14-2/h3H,1-2H3,(H,11,12,13). The largest absolute Gasteiger partial charge is 0.433 e. The summed E-state index contributed by atoms with van der Waals surface area (Å²) in [6.45, 7) is 0. The van der Waals surface area contributed by atoms with Crippen LogP contribution in [-0.4, -0.2) is 23.3 Å². The lowest BCUT2D eigenvalue weighted by Crippen LogP contribution is -2.11. The molecule has 0 radical (unpaired) electrons. The van der Waals surface area contributed by atoms with Gasteiger partial charge in [-0.15, -0.1) is 11.8 Å². The van der Waals surface area contributed by atoms with Crippen LogP contribution in [0, 0.1) is 0 Å². The summed E-state index contributed by atoms with van der Waals surface area (Å²) in [5, 5.41) is 2.77. The smallest absolute Gasteiger partial charge is 0.357 e. The van der Waals surface area contributed by atoms with E-state index >= 15 is 0 Å². The number of rotatable bonds is 2. The van der Waals surface area contributed by atoms with Gasteiger partial charge in [-0.2, -0.15) is 13.2 Å². The second kappa shape index (κ2) is 4.04. The average molecular weight is 223 g/mol. The maximum Gasteiger partial charge on any atom is 0.433 e. The normalized spacial score (nSPS) is 11.5. The number of halogens is 3. The Kier molecular flexibility index (Phi) is 3.20. The Morgan fingerprint density at radius 1 is 1.36 bits per heavy atom. The molecule has 3 nitrogen and oxygen atoms in total. The maximum absolute atomic E-state index is 12.3. The highest BCUT2D eigenvalue weighted by Gasteiger charge is 2.33. The lowest BCUT2D eigenvalue weighted by Gasteiger charge is -2.08. The highest BCUT2D eigenvalue weighted by molar-refractivity contribution is 7.98. The molecule has 0 unspecified atom stereocenters. The molecular weight excluding hydrogens is 215 g/mol. The third-order valence-corrected chi connectivity index (χ3v) is 2.05. The zero-order chi connectivity index (χ0) is 10.8. The first-order chi connectivity index (χ1) is 6.47. The molecule has 0 bridgehead atoms. The molecule has 78 valence electrons. The van der Waals surface area contributed by atoms with Crippen LogP contribution < -0.4 is 5.32 Å². The van der Waals surface area contributed by atoms with Gasteiger partial charge in [0.05, 0.1) is 0 Å². The van der Waals surface area contributed by atoms with Gasteiger partial charge in [0.2, 0.25) is 5.95 Å². The van der Waals surface area contributed by atoms with Crippen molar-refractivity contribution in [3.63, 3.8) is 0 Å². The van der Waals surface area contributed by atoms with E-state index in [4.69, 9.17) is 0 Å². The van der Waals surface area contributed by atoms with Crippen LogP contribution >= 0.6 is 11.8 Å². The minimum absolute atomic E-state index is 0.0239. The van der Waals surface area contributed by atoms with E-state index in [0.717, 1.165) is 17.8 Å². The second-order valence-electron chi connectivity index (χ2n) is 2.37. The van der Waals surface area contributed by atoms with Crippen molar-refractivity contribution in [2.75, 3.05) is 18.6 Å². The summed E-state index contributed by atoms with van der Waals surface area (Å²) in [5.41, 5.74) is -0.929. The van der Waals surface area contributed by atoms with Gasteiger partial charge in [0.15, 0.2) is 5.69 Å². The quantitative estimate of drug-likeness (QED) is 0.616. The molecule has 1 aromatic rings. The van der Waals surface area contributed by atoms with Gasteiger partial charge in [0, 0.05) is 13.1 Å². The van der Waals surface area contributed by atoms with Crippen molar-refractivity contribution in [2.24, 2.45) is 0 Å². The fourth-order valence-corrected chi connectivity index (χ4v) is 1.19. The molecule has 0 amide bonds. The second-order valence-corrected chi connectivity index (χ2v) is 3.19. The molecular formula is C7H8F3N3S. The number of nitrogens with zero attached hydrogens (tertiary/aromatic N) is 2. The number of anilines is 1. The van der Waals surface area contributed by atoms with Gasteiger partial charge in [-0.05, 0) is 6.26 Å². The number of aromatic nitrogens is 2. The number of hydrogen-bond donors (Lipinski definition) is 1. The van der Waals surface area contributed by atoms with E-state index in [-0.39, 0.29) is 11.0 Å². The Balaban J connectivity index is 3.17. The molecule has 14 heavy (non-hydrogen) atoms. The van der Waals surface area contributed by atoms with Crippen molar-refractivity contribution in [3.05, 3.63) is 11.8 Å². The fraction of sp³-hybridized carbons (Fsp3) is 0.429. The number of alkyl halides is 3. The fourth-order valence-electron chi connectivity index (χ4n) is 0.787. The molecule has 1 N–H and O–H groups in total. The molecule has 1 aromatic heterocycles.